The molecule has 0 saturated carbocycles. The first-order chi connectivity index (χ1) is 15.9. The molecule has 1 saturated heterocycles. The molecule has 192 valence electrons. The van der Waals surface area contributed by atoms with Crippen LogP contribution in [0.25, 0.3) is 10.4 Å². The van der Waals surface area contributed by atoms with Gasteiger partial charge >= 0.3 is 6.09 Å². The molecule has 1 rings (SSSR count). The second-order valence-corrected chi connectivity index (χ2v) is 8.33. The van der Waals surface area contributed by atoms with E-state index in [9.17, 15) is 4.79 Å². The van der Waals surface area contributed by atoms with Crippen LogP contribution in [-0.4, -0.2) is 127 Å². The van der Waals surface area contributed by atoms with Crippen molar-refractivity contribution in [2.45, 2.75) is 26.4 Å². The largest absolute Gasteiger partial charge is 0.444 e. The zero-order valence-corrected chi connectivity index (χ0v) is 20.4. The van der Waals surface area contributed by atoms with Gasteiger partial charge in [-0.15, -0.1) is 0 Å². The van der Waals surface area contributed by atoms with Crippen LogP contribution in [0.4, 0.5) is 4.79 Å². The molecule has 0 aliphatic carbocycles. The molecule has 12 heteroatoms. The van der Waals surface area contributed by atoms with E-state index >= 15 is 0 Å². The molecule has 0 N–H and O–H groups in total. The van der Waals surface area contributed by atoms with Crippen LogP contribution in [-0.2, 0) is 28.4 Å². The number of rotatable bonds is 18. The highest BCUT2D eigenvalue weighted by atomic mass is 16.6. The molecule has 33 heavy (non-hydrogen) atoms. The van der Waals surface area contributed by atoms with Crippen molar-refractivity contribution in [3.05, 3.63) is 10.4 Å². The van der Waals surface area contributed by atoms with Crippen LogP contribution < -0.4 is 0 Å². The molecule has 1 aliphatic rings. The monoisotopic (exact) mass is 475 g/mol. The molecule has 0 spiro atoms. The number of amides is 1. The van der Waals surface area contributed by atoms with Crippen molar-refractivity contribution < 1.29 is 33.2 Å². The normalized spacial score (nSPS) is 14.8. The minimum atomic E-state index is -0.461. The molecule has 1 heterocycles. The van der Waals surface area contributed by atoms with Gasteiger partial charge in [0.05, 0.1) is 66.1 Å². The van der Waals surface area contributed by atoms with E-state index in [1.807, 2.05) is 20.8 Å². The summed E-state index contributed by atoms with van der Waals surface area (Å²) in [4.78, 5) is 18.8. The topological polar surface area (TPSA) is 128 Å². The third kappa shape index (κ3) is 17.5. The third-order valence-corrected chi connectivity index (χ3v) is 4.46. The third-order valence-electron chi connectivity index (χ3n) is 4.46. The molecule has 0 unspecified atom stereocenters. The number of hydrogen-bond acceptors (Lipinski definition) is 9. The first-order valence-electron chi connectivity index (χ1n) is 11.5. The fraction of sp³-hybridized carbons (Fsp3) is 0.952. The van der Waals surface area contributed by atoms with Gasteiger partial charge in [-0.25, -0.2) is 4.79 Å². The fourth-order valence-corrected chi connectivity index (χ4v) is 2.81. The van der Waals surface area contributed by atoms with Gasteiger partial charge in [-0.2, -0.15) is 0 Å². The van der Waals surface area contributed by atoms with Crippen LogP contribution in [0, 0.1) is 0 Å². The van der Waals surface area contributed by atoms with Crippen molar-refractivity contribution in [2.24, 2.45) is 5.11 Å². The van der Waals surface area contributed by atoms with Gasteiger partial charge in [0.1, 0.15) is 5.60 Å². The van der Waals surface area contributed by atoms with Gasteiger partial charge in [0.2, 0.25) is 0 Å². The van der Waals surface area contributed by atoms with Crippen molar-refractivity contribution in [3.63, 3.8) is 0 Å². The molecule has 1 amide bonds. The highest BCUT2D eigenvalue weighted by molar-refractivity contribution is 5.68. The minimum absolute atomic E-state index is 0.239. The molecule has 1 aliphatic heterocycles. The maximum Gasteiger partial charge on any atom is 0.410 e. The number of carbonyl (C=O) groups excluding carboxylic acids is 1. The van der Waals surface area contributed by atoms with E-state index in [1.54, 1.807) is 4.90 Å². The quantitative estimate of drug-likeness (QED) is 0.127. The summed E-state index contributed by atoms with van der Waals surface area (Å²) in [6.45, 7) is 14.9. The highest BCUT2D eigenvalue weighted by Crippen LogP contribution is 2.11. The number of nitrogens with zero attached hydrogens (tertiary/aromatic N) is 5. The average Bonchev–Trinajstić information content (AvgIpc) is 2.77. The van der Waals surface area contributed by atoms with E-state index in [2.05, 4.69) is 14.9 Å². The molecule has 0 bridgehead atoms. The molecule has 0 atom stereocenters. The lowest BCUT2D eigenvalue weighted by molar-refractivity contribution is -0.0133. The van der Waals surface area contributed by atoms with Crippen molar-refractivity contribution >= 4 is 6.09 Å². The van der Waals surface area contributed by atoms with E-state index in [-0.39, 0.29) is 6.09 Å². The summed E-state index contributed by atoms with van der Waals surface area (Å²) in [6.07, 6.45) is -0.239. The van der Waals surface area contributed by atoms with Crippen molar-refractivity contribution in [3.8, 4) is 0 Å². The standard InChI is InChI=1S/C21H41N5O7/c1-21(2,3)33-20(27)26-7-5-25(6-8-26)9-11-29-13-15-31-17-19-32-18-16-30-14-12-28-10-4-23-24-22/h4-19H2,1-3H3. The molecular weight excluding hydrogens is 434 g/mol. The van der Waals surface area contributed by atoms with Gasteiger partial charge in [-0.3, -0.25) is 4.90 Å². The number of piperazine rings is 1. The average molecular weight is 476 g/mol. The lowest BCUT2D eigenvalue weighted by Gasteiger charge is -2.35. The Morgan fingerprint density at radius 3 is 1.70 bits per heavy atom. The summed E-state index contributed by atoms with van der Waals surface area (Å²) in [5.74, 6) is 0. The second-order valence-electron chi connectivity index (χ2n) is 8.33. The summed E-state index contributed by atoms with van der Waals surface area (Å²) < 4.78 is 32.5. The van der Waals surface area contributed by atoms with E-state index in [0.29, 0.717) is 85.7 Å². The molecule has 0 aromatic rings. The summed E-state index contributed by atoms with van der Waals surface area (Å²) >= 11 is 0. The summed E-state index contributed by atoms with van der Waals surface area (Å²) in [5, 5.41) is 3.37. The second kappa shape index (κ2) is 18.7. The summed E-state index contributed by atoms with van der Waals surface area (Å²) in [7, 11) is 0. The summed E-state index contributed by atoms with van der Waals surface area (Å²) in [6, 6.07) is 0. The number of hydrogen-bond donors (Lipinski definition) is 0. The van der Waals surface area contributed by atoms with Gasteiger partial charge < -0.3 is 33.3 Å². The summed E-state index contributed by atoms with van der Waals surface area (Å²) in [5.41, 5.74) is 7.65. The van der Waals surface area contributed by atoms with E-state index in [0.717, 1.165) is 19.6 Å². The Labute approximate surface area is 197 Å². The Morgan fingerprint density at radius 2 is 1.24 bits per heavy atom. The van der Waals surface area contributed by atoms with Crippen LogP contribution in [0.2, 0.25) is 0 Å². The van der Waals surface area contributed by atoms with Crippen molar-refractivity contribution in [1.82, 2.24) is 9.80 Å². The molecule has 0 aromatic heterocycles. The van der Waals surface area contributed by atoms with Crippen molar-refractivity contribution in [1.29, 1.82) is 0 Å². The van der Waals surface area contributed by atoms with Gasteiger partial charge in [-0.05, 0) is 26.3 Å². The Morgan fingerprint density at radius 1 is 0.788 bits per heavy atom. The maximum atomic E-state index is 12.1. The van der Waals surface area contributed by atoms with Gasteiger partial charge in [0.25, 0.3) is 0 Å². The molecule has 1 fully saturated rings. The highest BCUT2D eigenvalue weighted by Gasteiger charge is 2.25. The molecular formula is C21H41N5O7. The number of azide groups is 1. The van der Waals surface area contributed by atoms with Gasteiger partial charge in [0.15, 0.2) is 0 Å². The molecule has 0 aromatic carbocycles. The van der Waals surface area contributed by atoms with Crippen LogP contribution in [0.1, 0.15) is 20.8 Å². The lowest BCUT2D eigenvalue weighted by Crippen LogP contribution is -2.50. The van der Waals surface area contributed by atoms with Crippen LogP contribution in [0.15, 0.2) is 5.11 Å². The van der Waals surface area contributed by atoms with Crippen LogP contribution in [0.3, 0.4) is 0 Å². The Hall–Kier alpha value is -1.66. The minimum Gasteiger partial charge on any atom is -0.444 e. The SMILES string of the molecule is CC(C)(C)OC(=O)N1CCN(CCOCCOCCOCCOCCOCCN=[N+]=[N-])CC1. The Kier molecular flexibility index (Phi) is 16.7. The van der Waals surface area contributed by atoms with Crippen molar-refractivity contribution in [2.75, 3.05) is 105 Å². The zero-order chi connectivity index (χ0) is 24.2. The predicted octanol–water partition coefficient (Wildman–Crippen LogP) is 1.93. The fourth-order valence-electron chi connectivity index (χ4n) is 2.81. The van der Waals surface area contributed by atoms with E-state index in [1.165, 1.54) is 0 Å². The Balaban J connectivity index is 1.81. The van der Waals surface area contributed by atoms with E-state index < -0.39 is 5.60 Å². The Bertz CT molecular complexity index is 548. The first kappa shape index (κ1) is 29.4. The number of ether oxygens (including phenoxy) is 6. The lowest BCUT2D eigenvalue weighted by atomic mass is 10.2. The van der Waals surface area contributed by atoms with E-state index in [4.69, 9.17) is 34.0 Å². The maximum absolute atomic E-state index is 12.1. The molecule has 0 radical (unpaired) electrons. The van der Waals surface area contributed by atoms with Gasteiger partial charge in [-0.1, -0.05) is 5.11 Å². The zero-order valence-electron chi connectivity index (χ0n) is 20.4. The smallest absolute Gasteiger partial charge is 0.410 e. The number of carbonyl (C=O) groups is 1. The van der Waals surface area contributed by atoms with Crippen LogP contribution >= 0.6 is 0 Å². The predicted molar refractivity (Wildman–Crippen MR) is 122 cm³/mol. The first-order valence-corrected chi connectivity index (χ1v) is 11.5. The molecule has 12 nitrogen and oxygen atoms in total. The van der Waals surface area contributed by atoms with Crippen LogP contribution in [0.5, 0.6) is 0 Å². The van der Waals surface area contributed by atoms with Gasteiger partial charge in [0, 0.05) is 44.2 Å².